The maximum absolute atomic E-state index is 4.18. The lowest BCUT2D eigenvalue weighted by Crippen LogP contribution is -2.22. The standard InChI is InChI=1S/C14H16N4S2/c1-2-18-10-16-17-13(18)9-15-14(11-5-3-7-19-11)12-6-4-8-20-12/h3-8,10,14-15H,2,9H2,1H3. The molecule has 0 spiro atoms. The quantitative estimate of drug-likeness (QED) is 0.760. The molecule has 1 N–H and O–H groups in total. The van der Waals surface area contributed by atoms with E-state index in [1.165, 1.54) is 9.75 Å². The molecule has 20 heavy (non-hydrogen) atoms. The first-order valence-electron chi connectivity index (χ1n) is 6.55. The number of thiophene rings is 2. The van der Waals surface area contributed by atoms with Gasteiger partial charge in [0.15, 0.2) is 0 Å². The first-order chi connectivity index (χ1) is 9.88. The molecule has 0 radical (unpaired) electrons. The summed E-state index contributed by atoms with van der Waals surface area (Å²) in [6.45, 7) is 3.71. The zero-order valence-electron chi connectivity index (χ0n) is 11.2. The van der Waals surface area contributed by atoms with Crippen molar-refractivity contribution in [2.24, 2.45) is 0 Å². The molecule has 3 aromatic heterocycles. The van der Waals surface area contributed by atoms with Crippen molar-refractivity contribution < 1.29 is 0 Å². The van der Waals surface area contributed by atoms with Crippen LogP contribution in [0, 0.1) is 0 Å². The molecule has 0 atom stereocenters. The summed E-state index contributed by atoms with van der Waals surface area (Å²) in [6.07, 6.45) is 1.78. The molecule has 3 rings (SSSR count). The average molecular weight is 304 g/mol. The lowest BCUT2D eigenvalue weighted by Gasteiger charge is -2.16. The minimum Gasteiger partial charge on any atom is -0.317 e. The molecule has 6 heteroatoms. The highest BCUT2D eigenvalue weighted by atomic mass is 32.1. The molecule has 0 aliphatic carbocycles. The van der Waals surface area contributed by atoms with Crippen LogP contribution in [0.15, 0.2) is 41.4 Å². The van der Waals surface area contributed by atoms with E-state index in [-0.39, 0.29) is 6.04 Å². The van der Waals surface area contributed by atoms with E-state index in [4.69, 9.17) is 0 Å². The number of aromatic nitrogens is 3. The Hall–Kier alpha value is -1.50. The number of nitrogens with zero attached hydrogens (tertiary/aromatic N) is 3. The smallest absolute Gasteiger partial charge is 0.146 e. The Morgan fingerprint density at radius 3 is 2.45 bits per heavy atom. The predicted octanol–water partition coefficient (Wildman–Crippen LogP) is 3.30. The lowest BCUT2D eigenvalue weighted by molar-refractivity contribution is 0.571. The van der Waals surface area contributed by atoms with Crippen molar-refractivity contribution in [2.45, 2.75) is 26.1 Å². The second-order valence-corrected chi connectivity index (χ2v) is 6.34. The Balaban J connectivity index is 1.78. The van der Waals surface area contributed by atoms with Crippen molar-refractivity contribution in [3.63, 3.8) is 0 Å². The molecule has 3 aromatic rings. The summed E-state index contributed by atoms with van der Waals surface area (Å²) in [5.74, 6) is 0.977. The van der Waals surface area contributed by atoms with Crippen LogP contribution in [0.25, 0.3) is 0 Å². The molecule has 3 heterocycles. The average Bonchev–Trinajstić information content (AvgIpc) is 3.22. The highest BCUT2D eigenvalue weighted by Crippen LogP contribution is 2.29. The predicted molar refractivity (Wildman–Crippen MR) is 83.0 cm³/mol. The third-order valence-corrected chi connectivity index (χ3v) is 5.03. The third kappa shape index (κ3) is 2.82. The molecule has 0 aliphatic heterocycles. The highest BCUT2D eigenvalue weighted by Gasteiger charge is 2.16. The Morgan fingerprint density at radius 1 is 1.20 bits per heavy atom. The van der Waals surface area contributed by atoms with Gasteiger partial charge in [-0.15, -0.1) is 32.9 Å². The van der Waals surface area contributed by atoms with E-state index in [1.807, 2.05) is 0 Å². The third-order valence-electron chi connectivity index (χ3n) is 3.16. The van der Waals surface area contributed by atoms with Crippen LogP contribution in [-0.4, -0.2) is 14.8 Å². The van der Waals surface area contributed by atoms with Crippen LogP contribution < -0.4 is 5.32 Å². The van der Waals surface area contributed by atoms with Gasteiger partial charge in [0, 0.05) is 16.3 Å². The van der Waals surface area contributed by atoms with E-state index in [0.29, 0.717) is 6.54 Å². The minimum absolute atomic E-state index is 0.233. The van der Waals surface area contributed by atoms with Crippen LogP contribution in [0.3, 0.4) is 0 Å². The molecule has 0 aromatic carbocycles. The number of hydrogen-bond donors (Lipinski definition) is 1. The number of nitrogens with one attached hydrogen (secondary N) is 1. The van der Waals surface area contributed by atoms with Crippen LogP contribution >= 0.6 is 22.7 Å². The van der Waals surface area contributed by atoms with Gasteiger partial charge >= 0.3 is 0 Å². The molecule has 0 saturated heterocycles. The van der Waals surface area contributed by atoms with Gasteiger partial charge in [-0.1, -0.05) is 12.1 Å². The Labute approximate surface area is 126 Å². The minimum atomic E-state index is 0.233. The molecule has 0 saturated carbocycles. The fraction of sp³-hybridized carbons (Fsp3) is 0.286. The Bertz CT molecular complexity index is 594. The highest BCUT2D eigenvalue weighted by molar-refractivity contribution is 7.11. The normalized spacial score (nSPS) is 11.3. The van der Waals surface area contributed by atoms with Crippen molar-refractivity contribution in [1.29, 1.82) is 0 Å². The Morgan fingerprint density at radius 2 is 1.90 bits per heavy atom. The monoisotopic (exact) mass is 304 g/mol. The van der Waals surface area contributed by atoms with Crippen LogP contribution in [-0.2, 0) is 13.1 Å². The molecule has 0 amide bonds. The van der Waals surface area contributed by atoms with Gasteiger partial charge in [0.25, 0.3) is 0 Å². The van der Waals surface area contributed by atoms with Crippen molar-refractivity contribution in [3.05, 3.63) is 56.9 Å². The van der Waals surface area contributed by atoms with Crippen LogP contribution in [0.4, 0.5) is 0 Å². The molecule has 104 valence electrons. The van der Waals surface area contributed by atoms with Gasteiger partial charge in [0.05, 0.1) is 12.6 Å². The molecule has 4 nitrogen and oxygen atoms in total. The first kappa shape index (κ1) is 13.5. The van der Waals surface area contributed by atoms with Crippen molar-refractivity contribution >= 4 is 22.7 Å². The summed E-state index contributed by atoms with van der Waals surface area (Å²) in [7, 11) is 0. The lowest BCUT2D eigenvalue weighted by atomic mass is 10.2. The van der Waals surface area contributed by atoms with Gasteiger partial charge in [-0.05, 0) is 29.8 Å². The van der Waals surface area contributed by atoms with Crippen molar-refractivity contribution in [2.75, 3.05) is 0 Å². The van der Waals surface area contributed by atoms with Crippen LogP contribution in [0.5, 0.6) is 0 Å². The first-order valence-corrected chi connectivity index (χ1v) is 8.31. The fourth-order valence-electron chi connectivity index (χ4n) is 2.13. The van der Waals surface area contributed by atoms with E-state index < -0.39 is 0 Å². The second-order valence-electron chi connectivity index (χ2n) is 4.38. The van der Waals surface area contributed by atoms with Crippen molar-refractivity contribution in [3.8, 4) is 0 Å². The fourth-order valence-corrected chi connectivity index (χ4v) is 3.84. The van der Waals surface area contributed by atoms with E-state index in [9.17, 15) is 0 Å². The largest absolute Gasteiger partial charge is 0.317 e. The zero-order chi connectivity index (χ0) is 13.8. The molecule has 0 aliphatic rings. The molecule has 0 bridgehead atoms. The molecule has 0 fully saturated rings. The van der Waals surface area contributed by atoms with Gasteiger partial charge in [-0.3, -0.25) is 5.32 Å². The number of hydrogen-bond acceptors (Lipinski definition) is 5. The summed E-state index contributed by atoms with van der Waals surface area (Å²) in [4.78, 5) is 2.66. The van der Waals surface area contributed by atoms with E-state index in [1.54, 1.807) is 29.0 Å². The maximum Gasteiger partial charge on any atom is 0.146 e. The summed E-state index contributed by atoms with van der Waals surface area (Å²) in [5, 5.41) is 16.0. The summed E-state index contributed by atoms with van der Waals surface area (Å²) in [5.41, 5.74) is 0. The molecule has 0 unspecified atom stereocenters. The SMILES string of the molecule is CCn1cnnc1CNC(c1cccs1)c1cccs1. The topological polar surface area (TPSA) is 42.7 Å². The van der Waals surface area contributed by atoms with Gasteiger partial charge in [-0.2, -0.15) is 0 Å². The van der Waals surface area contributed by atoms with E-state index in [0.717, 1.165) is 12.4 Å². The van der Waals surface area contributed by atoms with Crippen LogP contribution in [0.1, 0.15) is 28.5 Å². The number of rotatable bonds is 6. The van der Waals surface area contributed by atoms with E-state index in [2.05, 4.69) is 62.0 Å². The molecular weight excluding hydrogens is 288 g/mol. The summed E-state index contributed by atoms with van der Waals surface area (Å²) >= 11 is 3.56. The second kappa shape index (κ2) is 6.30. The summed E-state index contributed by atoms with van der Waals surface area (Å²) < 4.78 is 2.06. The van der Waals surface area contributed by atoms with Gasteiger partial charge < -0.3 is 4.57 Å². The van der Waals surface area contributed by atoms with Gasteiger partial charge in [0.2, 0.25) is 0 Å². The number of aryl methyl sites for hydroxylation is 1. The summed E-state index contributed by atoms with van der Waals surface area (Å²) in [6, 6.07) is 8.77. The van der Waals surface area contributed by atoms with Crippen molar-refractivity contribution in [1.82, 2.24) is 20.1 Å². The maximum atomic E-state index is 4.18. The van der Waals surface area contributed by atoms with Gasteiger partial charge in [-0.25, -0.2) is 0 Å². The van der Waals surface area contributed by atoms with Gasteiger partial charge in [0.1, 0.15) is 12.2 Å². The Kier molecular flexibility index (Phi) is 4.25. The molecular formula is C14H16N4S2. The van der Waals surface area contributed by atoms with E-state index >= 15 is 0 Å². The van der Waals surface area contributed by atoms with Crippen LogP contribution in [0.2, 0.25) is 0 Å². The zero-order valence-corrected chi connectivity index (χ0v) is 12.8.